The number of ether oxygens (including phenoxy) is 1. The van der Waals surface area contributed by atoms with E-state index in [0.29, 0.717) is 6.61 Å². The monoisotopic (exact) mass is 445 g/mol. The molecule has 0 aliphatic carbocycles. The number of hydrogen-bond acceptors (Lipinski definition) is 2. The van der Waals surface area contributed by atoms with E-state index in [4.69, 9.17) is 16.3 Å². The largest absolute Gasteiger partial charge is 0.488 e. The average molecular weight is 447 g/mol. The summed E-state index contributed by atoms with van der Waals surface area (Å²) in [5.41, 5.74) is 2.36. The Balaban J connectivity index is 0.00000312. The Morgan fingerprint density at radius 2 is 1.72 bits per heavy atom. The summed E-state index contributed by atoms with van der Waals surface area (Å²) in [6.07, 6.45) is 5.17. The summed E-state index contributed by atoms with van der Waals surface area (Å²) < 4.78 is 6.86. The fourth-order valence-electron chi connectivity index (χ4n) is 2.42. The lowest BCUT2D eigenvalue weighted by Gasteiger charge is -2.11. The van der Waals surface area contributed by atoms with Crippen LogP contribution >= 0.6 is 39.9 Å². The molecule has 0 aliphatic heterocycles. The lowest BCUT2D eigenvalue weighted by molar-refractivity contribution is 0.304. The molecule has 0 fully saturated rings. The maximum absolute atomic E-state index is 5.89. The van der Waals surface area contributed by atoms with Crippen molar-refractivity contribution < 1.29 is 4.74 Å². The average Bonchev–Trinajstić information content (AvgIpc) is 2.59. The molecule has 2 aromatic rings. The summed E-state index contributed by atoms with van der Waals surface area (Å²) in [4.78, 5) is 0. The Kier molecular flexibility index (Phi) is 11.2. The molecule has 2 aromatic carbocycles. The molecule has 0 unspecified atom stereocenters. The number of nitrogens with one attached hydrogen (secondary N) is 1. The maximum Gasteiger partial charge on any atom is 0.134 e. The van der Waals surface area contributed by atoms with E-state index in [1.807, 2.05) is 30.3 Å². The van der Waals surface area contributed by atoms with Gasteiger partial charge in [0.15, 0.2) is 0 Å². The molecule has 0 bridgehead atoms. The van der Waals surface area contributed by atoms with E-state index >= 15 is 0 Å². The van der Waals surface area contributed by atoms with E-state index in [1.165, 1.54) is 31.2 Å². The van der Waals surface area contributed by atoms with Crippen LogP contribution in [-0.4, -0.2) is 6.54 Å². The van der Waals surface area contributed by atoms with Crippen LogP contribution in [0.4, 0.5) is 0 Å². The zero-order chi connectivity index (χ0) is 17.2. The smallest absolute Gasteiger partial charge is 0.134 e. The van der Waals surface area contributed by atoms with Gasteiger partial charge in [0.25, 0.3) is 0 Å². The fourth-order valence-corrected chi connectivity index (χ4v) is 3.09. The van der Waals surface area contributed by atoms with Gasteiger partial charge >= 0.3 is 0 Å². The van der Waals surface area contributed by atoms with Crippen LogP contribution in [0.15, 0.2) is 46.9 Å². The topological polar surface area (TPSA) is 21.3 Å². The third-order valence-electron chi connectivity index (χ3n) is 3.84. The van der Waals surface area contributed by atoms with Crippen molar-refractivity contribution in [1.29, 1.82) is 0 Å². The number of unbranched alkanes of at least 4 members (excludes halogenated alkanes) is 3. The quantitative estimate of drug-likeness (QED) is 0.406. The van der Waals surface area contributed by atoms with Crippen molar-refractivity contribution in [3.05, 3.63) is 63.1 Å². The van der Waals surface area contributed by atoms with Gasteiger partial charge < -0.3 is 10.1 Å². The first kappa shape index (κ1) is 22.3. The zero-order valence-electron chi connectivity index (χ0n) is 14.6. The van der Waals surface area contributed by atoms with Crippen LogP contribution in [0.3, 0.4) is 0 Å². The van der Waals surface area contributed by atoms with Crippen LogP contribution in [0, 0.1) is 0 Å². The van der Waals surface area contributed by atoms with Crippen LogP contribution in [0.1, 0.15) is 43.7 Å². The van der Waals surface area contributed by atoms with Gasteiger partial charge in [-0.05, 0) is 64.3 Å². The molecular formula is C20H26BrCl2NO. The minimum Gasteiger partial charge on any atom is -0.488 e. The van der Waals surface area contributed by atoms with E-state index in [2.05, 4.69) is 40.3 Å². The van der Waals surface area contributed by atoms with Gasteiger partial charge in [0.2, 0.25) is 0 Å². The standard InChI is InChI=1S/C20H25BrClNO.ClH/c1-2-3-4-5-12-23-14-17-8-11-20(19(21)13-17)24-15-16-6-9-18(22)10-7-16;/h6-11,13,23H,2-5,12,14-15H2,1H3;1H. The molecule has 2 rings (SSSR count). The molecule has 1 N–H and O–H groups in total. The molecule has 25 heavy (non-hydrogen) atoms. The van der Waals surface area contributed by atoms with Crippen LogP contribution < -0.4 is 10.1 Å². The summed E-state index contributed by atoms with van der Waals surface area (Å²) in [5.74, 6) is 0.858. The first-order chi connectivity index (χ1) is 11.7. The first-order valence-corrected chi connectivity index (χ1v) is 9.72. The number of benzene rings is 2. The van der Waals surface area contributed by atoms with Gasteiger partial charge in [0, 0.05) is 11.6 Å². The van der Waals surface area contributed by atoms with E-state index in [-0.39, 0.29) is 12.4 Å². The predicted molar refractivity (Wildman–Crippen MR) is 113 cm³/mol. The van der Waals surface area contributed by atoms with E-state index in [1.54, 1.807) is 0 Å². The van der Waals surface area contributed by atoms with Gasteiger partial charge in [-0.3, -0.25) is 0 Å². The minimum atomic E-state index is 0. The van der Waals surface area contributed by atoms with E-state index in [9.17, 15) is 0 Å². The third kappa shape index (κ3) is 8.46. The lowest BCUT2D eigenvalue weighted by atomic mass is 10.2. The number of halogens is 3. The van der Waals surface area contributed by atoms with Crippen LogP contribution in [0.25, 0.3) is 0 Å². The fraction of sp³-hybridized carbons (Fsp3) is 0.400. The van der Waals surface area contributed by atoms with Crippen LogP contribution in [0.2, 0.25) is 5.02 Å². The van der Waals surface area contributed by atoms with Gasteiger partial charge in [-0.2, -0.15) is 0 Å². The molecular weight excluding hydrogens is 421 g/mol. The highest BCUT2D eigenvalue weighted by atomic mass is 79.9. The molecule has 0 aromatic heterocycles. The summed E-state index contributed by atoms with van der Waals surface area (Å²) in [6, 6.07) is 14.0. The molecule has 2 nitrogen and oxygen atoms in total. The highest BCUT2D eigenvalue weighted by Gasteiger charge is 2.04. The van der Waals surface area contributed by atoms with Crippen molar-refractivity contribution in [3.8, 4) is 5.75 Å². The maximum atomic E-state index is 5.89. The summed E-state index contributed by atoms with van der Waals surface area (Å²) >= 11 is 9.50. The lowest BCUT2D eigenvalue weighted by Crippen LogP contribution is -2.14. The molecule has 0 spiro atoms. The molecule has 0 aliphatic rings. The molecule has 0 heterocycles. The number of rotatable bonds is 10. The van der Waals surface area contributed by atoms with Crippen molar-refractivity contribution in [2.75, 3.05) is 6.54 Å². The van der Waals surface area contributed by atoms with Crippen molar-refractivity contribution in [2.45, 2.75) is 45.8 Å². The summed E-state index contributed by atoms with van der Waals surface area (Å²) in [5, 5.41) is 4.24. The van der Waals surface area contributed by atoms with Gasteiger partial charge in [-0.1, -0.05) is 56.0 Å². The normalized spacial score (nSPS) is 10.4. The molecule has 0 atom stereocenters. The molecule has 0 saturated heterocycles. The summed E-state index contributed by atoms with van der Waals surface area (Å²) in [7, 11) is 0. The SMILES string of the molecule is CCCCCCNCc1ccc(OCc2ccc(Cl)cc2)c(Br)c1.Cl. The van der Waals surface area contributed by atoms with Gasteiger partial charge in [-0.15, -0.1) is 12.4 Å². The Bertz CT molecular complexity index is 620. The Morgan fingerprint density at radius 3 is 2.40 bits per heavy atom. The molecule has 0 radical (unpaired) electrons. The second kappa shape index (κ2) is 12.6. The Labute approximate surface area is 170 Å². The molecule has 0 saturated carbocycles. The predicted octanol–water partition coefficient (Wildman–Crippen LogP) is 6.77. The zero-order valence-corrected chi connectivity index (χ0v) is 17.7. The van der Waals surface area contributed by atoms with Gasteiger partial charge in [0.1, 0.15) is 12.4 Å². The van der Waals surface area contributed by atoms with Gasteiger partial charge in [0.05, 0.1) is 4.47 Å². The van der Waals surface area contributed by atoms with Crippen molar-refractivity contribution in [3.63, 3.8) is 0 Å². The highest BCUT2D eigenvalue weighted by molar-refractivity contribution is 9.10. The second-order valence-electron chi connectivity index (χ2n) is 5.92. The van der Waals surface area contributed by atoms with E-state index in [0.717, 1.165) is 33.9 Å². The second-order valence-corrected chi connectivity index (χ2v) is 7.21. The minimum absolute atomic E-state index is 0. The molecule has 5 heteroatoms. The van der Waals surface area contributed by atoms with Crippen molar-refractivity contribution in [2.24, 2.45) is 0 Å². The first-order valence-electron chi connectivity index (χ1n) is 8.55. The van der Waals surface area contributed by atoms with Crippen molar-refractivity contribution >= 4 is 39.9 Å². The summed E-state index contributed by atoms with van der Waals surface area (Å²) in [6.45, 7) is 4.74. The third-order valence-corrected chi connectivity index (χ3v) is 4.71. The van der Waals surface area contributed by atoms with Crippen molar-refractivity contribution in [1.82, 2.24) is 5.32 Å². The number of hydrogen-bond donors (Lipinski definition) is 1. The molecule has 138 valence electrons. The highest BCUT2D eigenvalue weighted by Crippen LogP contribution is 2.27. The van der Waals surface area contributed by atoms with Crippen LogP contribution in [0.5, 0.6) is 5.75 Å². The Hall–Kier alpha value is -0.740. The Morgan fingerprint density at radius 1 is 1.00 bits per heavy atom. The van der Waals surface area contributed by atoms with E-state index < -0.39 is 0 Å². The molecule has 0 amide bonds. The van der Waals surface area contributed by atoms with Crippen LogP contribution in [-0.2, 0) is 13.2 Å². The van der Waals surface area contributed by atoms with Gasteiger partial charge in [-0.25, -0.2) is 0 Å².